The van der Waals surface area contributed by atoms with Gasteiger partial charge in [0.2, 0.25) is 0 Å². The molecule has 0 aliphatic rings. The lowest BCUT2D eigenvalue weighted by Crippen LogP contribution is -2.07. The first kappa shape index (κ1) is 13.2. The maximum absolute atomic E-state index is 9.49. The summed E-state index contributed by atoms with van der Waals surface area (Å²) in [5.74, 6) is 0.306. The summed E-state index contributed by atoms with van der Waals surface area (Å²) in [6.45, 7) is 4.19. The molecule has 0 saturated heterocycles. The third-order valence-corrected chi connectivity index (χ3v) is 3.60. The van der Waals surface area contributed by atoms with Gasteiger partial charge in [0.15, 0.2) is 0 Å². The molecule has 2 aromatic carbocycles. The summed E-state index contributed by atoms with van der Waals surface area (Å²) in [4.78, 5) is 0. The van der Waals surface area contributed by atoms with Crippen LogP contribution in [0.3, 0.4) is 0 Å². The summed E-state index contributed by atoms with van der Waals surface area (Å²) < 4.78 is 1.24. The van der Waals surface area contributed by atoms with Gasteiger partial charge >= 0.3 is 0 Å². The highest BCUT2D eigenvalue weighted by molar-refractivity contribution is 14.1. The van der Waals surface area contributed by atoms with Gasteiger partial charge in [-0.15, -0.1) is 0 Å². The highest BCUT2D eigenvalue weighted by Crippen LogP contribution is 2.25. The predicted molar refractivity (Wildman–Crippen MR) is 84.0 cm³/mol. The lowest BCUT2D eigenvalue weighted by atomic mass is 10.1. The average Bonchev–Trinajstić information content (AvgIpc) is 2.32. The highest BCUT2D eigenvalue weighted by Gasteiger charge is 2.07. The first-order valence-corrected chi connectivity index (χ1v) is 6.96. The molecule has 18 heavy (non-hydrogen) atoms. The summed E-state index contributed by atoms with van der Waals surface area (Å²) in [6.07, 6.45) is 0. The standard InChI is InChI=1S/C15H16INO/c1-10-8-13(16)6-7-15(10)17-11(2)12-4-3-5-14(18)9-12/h3-9,11,17-18H,1-2H3. The highest BCUT2D eigenvalue weighted by atomic mass is 127. The molecule has 0 saturated carbocycles. The second-order valence-electron chi connectivity index (χ2n) is 4.42. The zero-order chi connectivity index (χ0) is 13.1. The molecule has 2 aromatic rings. The number of aryl methyl sites for hydroxylation is 1. The molecule has 3 heteroatoms. The molecular weight excluding hydrogens is 337 g/mol. The van der Waals surface area contributed by atoms with Gasteiger partial charge in [-0.2, -0.15) is 0 Å². The predicted octanol–water partition coefficient (Wildman–Crippen LogP) is 4.48. The number of halogens is 1. The van der Waals surface area contributed by atoms with Crippen LogP contribution in [0.5, 0.6) is 5.75 Å². The number of hydrogen-bond donors (Lipinski definition) is 2. The van der Waals surface area contributed by atoms with Crippen LogP contribution >= 0.6 is 22.6 Å². The topological polar surface area (TPSA) is 32.3 Å². The third-order valence-electron chi connectivity index (χ3n) is 2.93. The summed E-state index contributed by atoms with van der Waals surface area (Å²) in [5.41, 5.74) is 3.44. The molecule has 0 bridgehead atoms. The summed E-state index contributed by atoms with van der Waals surface area (Å²) in [7, 11) is 0. The van der Waals surface area contributed by atoms with Crippen LogP contribution in [0.1, 0.15) is 24.1 Å². The Balaban J connectivity index is 2.18. The van der Waals surface area contributed by atoms with Crippen molar-refractivity contribution in [1.29, 1.82) is 0 Å². The molecule has 0 aliphatic carbocycles. The normalized spacial score (nSPS) is 12.2. The fourth-order valence-corrected chi connectivity index (χ4v) is 2.55. The van der Waals surface area contributed by atoms with Gasteiger partial charge in [-0.25, -0.2) is 0 Å². The Kier molecular flexibility index (Phi) is 4.11. The van der Waals surface area contributed by atoms with Crippen molar-refractivity contribution >= 4 is 28.3 Å². The number of phenolic OH excluding ortho intramolecular Hbond substituents is 1. The monoisotopic (exact) mass is 353 g/mol. The minimum Gasteiger partial charge on any atom is -0.508 e. The Labute approximate surface area is 121 Å². The fourth-order valence-electron chi connectivity index (χ4n) is 1.90. The van der Waals surface area contributed by atoms with E-state index in [9.17, 15) is 5.11 Å². The molecule has 0 aliphatic heterocycles. The van der Waals surface area contributed by atoms with Gasteiger partial charge in [0.05, 0.1) is 0 Å². The molecule has 0 aromatic heterocycles. The van der Waals surface area contributed by atoms with Crippen LogP contribution in [-0.4, -0.2) is 5.11 Å². The molecule has 0 spiro atoms. The van der Waals surface area contributed by atoms with E-state index in [2.05, 4.69) is 60.0 Å². The van der Waals surface area contributed by atoms with Gasteiger partial charge in [0, 0.05) is 15.3 Å². The zero-order valence-electron chi connectivity index (χ0n) is 10.4. The molecule has 2 rings (SSSR count). The van der Waals surface area contributed by atoms with Gasteiger partial charge in [0.1, 0.15) is 5.75 Å². The number of anilines is 1. The van der Waals surface area contributed by atoms with Crippen LogP contribution in [0.25, 0.3) is 0 Å². The van der Waals surface area contributed by atoms with Gasteiger partial charge in [-0.05, 0) is 77.9 Å². The van der Waals surface area contributed by atoms with E-state index in [-0.39, 0.29) is 6.04 Å². The van der Waals surface area contributed by atoms with Crippen molar-refractivity contribution in [3.05, 3.63) is 57.2 Å². The maximum Gasteiger partial charge on any atom is 0.115 e. The molecule has 0 radical (unpaired) electrons. The van der Waals surface area contributed by atoms with Gasteiger partial charge in [-0.3, -0.25) is 0 Å². The van der Waals surface area contributed by atoms with Gasteiger partial charge in [-0.1, -0.05) is 12.1 Å². The van der Waals surface area contributed by atoms with E-state index < -0.39 is 0 Å². The van der Waals surface area contributed by atoms with E-state index in [1.807, 2.05) is 12.1 Å². The van der Waals surface area contributed by atoms with E-state index in [0.29, 0.717) is 5.75 Å². The van der Waals surface area contributed by atoms with Crippen LogP contribution in [0, 0.1) is 10.5 Å². The van der Waals surface area contributed by atoms with Crippen molar-refractivity contribution in [3.63, 3.8) is 0 Å². The molecule has 0 amide bonds. The lowest BCUT2D eigenvalue weighted by molar-refractivity contribution is 0.474. The number of rotatable bonds is 3. The fraction of sp³-hybridized carbons (Fsp3) is 0.200. The average molecular weight is 353 g/mol. The summed E-state index contributed by atoms with van der Waals surface area (Å²) in [6, 6.07) is 13.9. The molecule has 1 atom stereocenters. The number of phenols is 1. The van der Waals surface area contributed by atoms with E-state index in [0.717, 1.165) is 11.3 Å². The quantitative estimate of drug-likeness (QED) is 0.798. The van der Waals surface area contributed by atoms with E-state index in [4.69, 9.17) is 0 Å². The summed E-state index contributed by atoms with van der Waals surface area (Å²) >= 11 is 2.31. The van der Waals surface area contributed by atoms with Crippen molar-refractivity contribution in [2.45, 2.75) is 19.9 Å². The maximum atomic E-state index is 9.49. The number of hydrogen-bond acceptors (Lipinski definition) is 2. The van der Waals surface area contributed by atoms with Gasteiger partial charge < -0.3 is 10.4 Å². The number of aromatic hydroxyl groups is 1. The SMILES string of the molecule is Cc1cc(I)ccc1NC(C)c1cccc(O)c1. The van der Waals surface area contributed by atoms with Crippen LogP contribution in [0.4, 0.5) is 5.69 Å². The Bertz CT molecular complexity index is 554. The Morgan fingerprint density at radius 2 is 1.94 bits per heavy atom. The van der Waals surface area contributed by atoms with Crippen molar-refractivity contribution in [2.75, 3.05) is 5.32 Å². The molecule has 94 valence electrons. The van der Waals surface area contributed by atoms with Gasteiger partial charge in [0.25, 0.3) is 0 Å². The second kappa shape index (κ2) is 5.61. The Morgan fingerprint density at radius 3 is 2.61 bits per heavy atom. The van der Waals surface area contributed by atoms with Crippen LogP contribution in [0.15, 0.2) is 42.5 Å². The third kappa shape index (κ3) is 3.16. The van der Waals surface area contributed by atoms with Crippen molar-refractivity contribution in [1.82, 2.24) is 0 Å². The van der Waals surface area contributed by atoms with Crippen LogP contribution in [-0.2, 0) is 0 Å². The Morgan fingerprint density at radius 1 is 1.17 bits per heavy atom. The largest absolute Gasteiger partial charge is 0.508 e. The van der Waals surface area contributed by atoms with E-state index in [1.165, 1.54) is 9.13 Å². The molecule has 2 N–H and O–H groups in total. The lowest BCUT2D eigenvalue weighted by Gasteiger charge is -2.17. The molecular formula is C15H16INO. The van der Waals surface area contributed by atoms with E-state index >= 15 is 0 Å². The first-order valence-electron chi connectivity index (χ1n) is 5.88. The smallest absolute Gasteiger partial charge is 0.115 e. The first-order chi connectivity index (χ1) is 8.56. The van der Waals surface area contributed by atoms with Crippen LogP contribution in [0.2, 0.25) is 0 Å². The zero-order valence-corrected chi connectivity index (χ0v) is 12.6. The minimum atomic E-state index is 0.163. The minimum absolute atomic E-state index is 0.163. The molecule has 2 nitrogen and oxygen atoms in total. The second-order valence-corrected chi connectivity index (χ2v) is 5.67. The van der Waals surface area contributed by atoms with E-state index in [1.54, 1.807) is 12.1 Å². The number of benzene rings is 2. The number of nitrogens with one attached hydrogen (secondary N) is 1. The molecule has 0 fully saturated rings. The Hall–Kier alpha value is -1.23. The van der Waals surface area contributed by atoms with Crippen molar-refractivity contribution in [3.8, 4) is 5.75 Å². The molecule has 1 unspecified atom stereocenters. The van der Waals surface area contributed by atoms with Crippen molar-refractivity contribution < 1.29 is 5.11 Å². The van der Waals surface area contributed by atoms with Crippen LogP contribution < -0.4 is 5.32 Å². The van der Waals surface area contributed by atoms with Crippen molar-refractivity contribution in [2.24, 2.45) is 0 Å². The molecule has 0 heterocycles. The summed E-state index contributed by atoms with van der Waals surface area (Å²) in [5, 5.41) is 13.0.